The fraction of sp³-hybridized carbons (Fsp3) is 0.933. The molecule has 3 N–H and O–H groups in total. The first kappa shape index (κ1) is 14.8. The highest BCUT2D eigenvalue weighted by atomic mass is 16.5. The lowest BCUT2D eigenvalue weighted by Gasteiger charge is -2.34. The summed E-state index contributed by atoms with van der Waals surface area (Å²) in [6.45, 7) is 2.37. The van der Waals surface area contributed by atoms with Crippen LogP contribution >= 0.6 is 0 Å². The van der Waals surface area contributed by atoms with E-state index < -0.39 is 0 Å². The number of nitrogens with one attached hydrogen (secondary N) is 1. The van der Waals surface area contributed by atoms with E-state index in [1.807, 2.05) is 6.92 Å². The summed E-state index contributed by atoms with van der Waals surface area (Å²) >= 11 is 0. The normalized spacial score (nSPS) is 35.9. The minimum atomic E-state index is 0.000591. The van der Waals surface area contributed by atoms with Gasteiger partial charge in [0.1, 0.15) is 0 Å². The maximum absolute atomic E-state index is 11.7. The van der Waals surface area contributed by atoms with Crippen molar-refractivity contribution in [3.8, 4) is 0 Å². The van der Waals surface area contributed by atoms with Crippen LogP contribution in [0.3, 0.4) is 0 Å². The van der Waals surface area contributed by atoms with Crippen molar-refractivity contribution < 1.29 is 9.53 Å². The molecule has 2 aliphatic rings. The van der Waals surface area contributed by atoms with Gasteiger partial charge in [0.25, 0.3) is 0 Å². The average molecular weight is 268 g/mol. The largest absolute Gasteiger partial charge is 0.466 e. The predicted octanol–water partition coefficient (Wildman–Crippen LogP) is 1.97. The molecule has 0 spiro atoms. The van der Waals surface area contributed by atoms with Crippen molar-refractivity contribution in [2.24, 2.45) is 11.7 Å². The first-order chi connectivity index (χ1) is 9.19. The standard InChI is InChI=1S/C15H28N2O2/c1-2-19-15(18)11-6-8-13(9-7-11)17-14-5-3-4-12(16)10-14/h11-14,17H,2-10,16H2,1H3. The van der Waals surface area contributed by atoms with Crippen LogP contribution in [0.5, 0.6) is 0 Å². The zero-order valence-corrected chi connectivity index (χ0v) is 12.1. The van der Waals surface area contributed by atoms with E-state index in [2.05, 4.69) is 5.32 Å². The van der Waals surface area contributed by atoms with Gasteiger partial charge in [-0.3, -0.25) is 4.79 Å². The van der Waals surface area contributed by atoms with Crippen molar-refractivity contribution in [3.63, 3.8) is 0 Å². The summed E-state index contributed by atoms with van der Waals surface area (Å²) < 4.78 is 5.10. The van der Waals surface area contributed by atoms with E-state index in [0.29, 0.717) is 24.7 Å². The van der Waals surface area contributed by atoms with Crippen LogP contribution < -0.4 is 11.1 Å². The van der Waals surface area contributed by atoms with Gasteiger partial charge in [-0.2, -0.15) is 0 Å². The molecular weight excluding hydrogens is 240 g/mol. The van der Waals surface area contributed by atoms with Gasteiger partial charge in [-0.05, 0) is 51.9 Å². The Morgan fingerprint density at radius 2 is 1.89 bits per heavy atom. The Balaban J connectivity index is 1.69. The summed E-state index contributed by atoms with van der Waals surface area (Å²) in [6.07, 6.45) is 8.91. The van der Waals surface area contributed by atoms with Crippen LogP contribution in [0, 0.1) is 5.92 Å². The molecule has 4 nitrogen and oxygen atoms in total. The smallest absolute Gasteiger partial charge is 0.308 e. The summed E-state index contributed by atoms with van der Waals surface area (Å²) in [4.78, 5) is 11.7. The third kappa shape index (κ3) is 4.46. The summed E-state index contributed by atoms with van der Waals surface area (Å²) in [5, 5.41) is 3.75. The van der Waals surface area contributed by atoms with Crippen molar-refractivity contribution in [1.29, 1.82) is 0 Å². The number of carbonyl (C=O) groups is 1. The molecule has 0 aromatic rings. The molecule has 0 radical (unpaired) electrons. The van der Waals surface area contributed by atoms with E-state index in [0.717, 1.165) is 32.1 Å². The molecule has 0 bridgehead atoms. The van der Waals surface area contributed by atoms with E-state index in [4.69, 9.17) is 10.5 Å². The molecule has 2 unspecified atom stereocenters. The fourth-order valence-electron chi connectivity index (χ4n) is 3.47. The molecule has 0 aliphatic heterocycles. The van der Waals surface area contributed by atoms with Gasteiger partial charge in [-0.25, -0.2) is 0 Å². The van der Waals surface area contributed by atoms with Gasteiger partial charge < -0.3 is 15.8 Å². The van der Waals surface area contributed by atoms with E-state index in [1.54, 1.807) is 0 Å². The molecule has 19 heavy (non-hydrogen) atoms. The number of esters is 1. The average Bonchev–Trinajstić information content (AvgIpc) is 2.40. The minimum absolute atomic E-state index is 0.000591. The number of rotatable bonds is 4. The second kappa shape index (κ2) is 7.25. The highest BCUT2D eigenvalue weighted by Gasteiger charge is 2.29. The first-order valence-corrected chi connectivity index (χ1v) is 7.87. The van der Waals surface area contributed by atoms with Crippen LogP contribution in [0.2, 0.25) is 0 Å². The molecule has 0 aromatic carbocycles. The zero-order valence-electron chi connectivity index (χ0n) is 12.1. The van der Waals surface area contributed by atoms with Crippen molar-refractivity contribution in [3.05, 3.63) is 0 Å². The number of carbonyl (C=O) groups excluding carboxylic acids is 1. The maximum atomic E-state index is 11.7. The molecule has 2 aliphatic carbocycles. The Labute approximate surface area is 116 Å². The van der Waals surface area contributed by atoms with E-state index in [9.17, 15) is 4.79 Å². The summed E-state index contributed by atoms with van der Waals surface area (Å²) in [6, 6.07) is 1.54. The highest BCUT2D eigenvalue weighted by molar-refractivity contribution is 5.72. The maximum Gasteiger partial charge on any atom is 0.308 e. The topological polar surface area (TPSA) is 64.3 Å². The number of hydrogen-bond donors (Lipinski definition) is 2. The Hall–Kier alpha value is -0.610. The summed E-state index contributed by atoms with van der Waals surface area (Å²) in [5.41, 5.74) is 6.02. The van der Waals surface area contributed by atoms with Crippen LogP contribution in [0.4, 0.5) is 0 Å². The second-order valence-corrected chi connectivity index (χ2v) is 6.09. The summed E-state index contributed by atoms with van der Waals surface area (Å²) in [5.74, 6) is 0.132. The first-order valence-electron chi connectivity index (χ1n) is 7.87. The highest BCUT2D eigenvalue weighted by Crippen LogP contribution is 2.27. The van der Waals surface area contributed by atoms with Crippen LogP contribution in [-0.2, 0) is 9.53 Å². The van der Waals surface area contributed by atoms with Gasteiger partial charge in [0.2, 0.25) is 0 Å². The summed E-state index contributed by atoms with van der Waals surface area (Å²) in [7, 11) is 0. The van der Waals surface area contributed by atoms with Gasteiger partial charge in [0.05, 0.1) is 12.5 Å². The van der Waals surface area contributed by atoms with Crippen LogP contribution in [0.1, 0.15) is 58.3 Å². The molecule has 2 atom stereocenters. The quantitative estimate of drug-likeness (QED) is 0.765. The van der Waals surface area contributed by atoms with E-state index >= 15 is 0 Å². The van der Waals surface area contributed by atoms with Crippen molar-refractivity contribution in [1.82, 2.24) is 5.32 Å². The van der Waals surface area contributed by atoms with Crippen LogP contribution in [0.25, 0.3) is 0 Å². The lowest BCUT2D eigenvalue weighted by atomic mass is 9.84. The molecular formula is C15H28N2O2. The zero-order chi connectivity index (χ0) is 13.7. The molecule has 0 aromatic heterocycles. The Kier molecular flexibility index (Phi) is 5.64. The van der Waals surface area contributed by atoms with E-state index in [-0.39, 0.29) is 11.9 Å². The molecule has 4 heteroatoms. The third-order valence-electron chi connectivity index (χ3n) is 4.53. The third-order valence-corrected chi connectivity index (χ3v) is 4.53. The SMILES string of the molecule is CCOC(=O)C1CCC(NC2CCCC(N)C2)CC1. The molecule has 0 saturated heterocycles. The van der Waals surface area contributed by atoms with E-state index in [1.165, 1.54) is 19.3 Å². The van der Waals surface area contributed by atoms with Gasteiger partial charge >= 0.3 is 5.97 Å². The Bertz CT molecular complexity index is 288. The van der Waals surface area contributed by atoms with Gasteiger partial charge in [-0.15, -0.1) is 0 Å². The monoisotopic (exact) mass is 268 g/mol. The van der Waals surface area contributed by atoms with Crippen molar-refractivity contribution in [2.75, 3.05) is 6.61 Å². The lowest BCUT2D eigenvalue weighted by Crippen LogP contribution is -2.45. The van der Waals surface area contributed by atoms with Crippen LogP contribution in [-0.4, -0.2) is 30.7 Å². The number of nitrogens with two attached hydrogens (primary N) is 1. The molecule has 2 fully saturated rings. The van der Waals surface area contributed by atoms with Gasteiger partial charge in [0, 0.05) is 18.1 Å². The van der Waals surface area contributed by atoms with Crippen LogP contribution in [0.15, 0.2) is 0 Å². The Morgan fingerprint density at radius 3 is 2.53 bits per heavy atom. The van der Waals surface area contributed by atoms with Gasteiger partial charge in [0.15, 0.2) is 0 Å². The molecule has 0 amide bonds. The molecule has 0 heterocycles. The molecule has 2 rings (SSSR count). The predicted molar refractivity (Wildman–Crippen MR) is 75.7 cm³/mol. The van der Waals surface area contributed by atoms with Gasteiger partial charge in [-0.1, -0.05) is 6.42 Å². The second-order valence-electron chi connectivity index (χ2n) is 6.09. The fourth-order valence-corrected chi connectivity index (χ4v) is 3.47. The minimum Gasteiger partial charge on any atom is -0.466 e. The molecule has 2 saturated carbocycles. The van der Waals surface area contributed by atoms with Crippen molar-refractivity contribution >= 4 is 5.97 Å². The molecule has 110 valence electrons. The number of ether oxygens (including phenoxy) is 1. The van der Waals surface area contributed by atoms with Crippen molar-refractivity contribution in [2.45, 2.75) is 76.4 Å². The Morgan fingerprint density at radius 1 is 1.16 bits per heavy atom. The number of hydrogen-bond acceptors (Lipinski definition) is 4. The lowest BCUT2D eigenvalue weighted by molar-refractivity contribution is -0.149.